The Labute approximate surface area is 98.7 Å². The third-order valence-electron chi connectivity index (χ3n) is 2.09. The van der Waals surface area contributed by atoms with Crippen LogP contribution in [0.2, 0.25) is 0 Å². The molecule has 0 heterocycles. The Bertz CT molecular complexity index is 251. The molecule has 0 fully saturated rings. The van der Waals surface area contributed by atoms with Gasteiger partial charge in [0.25, 0.3) is 0 Å². The Balaban J connectivity index is 4.17. The van der Waals surface area contributed by atoms with Crippen LogP contribution in [0.15, 0.2) is 0 Å². The zero-order chi connectivity index (χ0) is 13.5. The highest BCUT2D eigenvalue weighted by Crippen LogP contribution is 2.49. The lowest BCUT2D eigenvalue weighted by Crippen LogP contribution is -2.15. The third kappa shape index (κ3) is 9.59. The van der Waals surface area contributed by atoms with Crippen LogP contribution in [0.1, 0.15) is 39.5 Å². The van der Waals surface area contributed by atoms with E-state index < -0.39 is 14.2 Å². The van der Waals surface area contributed by atoms with Gasteiger partial charge in [0, 0.05) is 0 Å². The molecule has 0 saturated carbocycles. The van der Waals surface area contributed by atoms with Gasteiger partial charge in [-0.25, -0.2) is 4.57 Å². The standard InChI is InChI=1S/C9H18F3O4P/c1-3-5-8(6-4-2)7-15-17(13,14)16-9(10,11)12/h8H,3-7H2,1-2H3,(H,13,14). The summed E-state index contributed by atoms with van der Waals surface area (Å²) in [5, 5.41) is 0. The Morgan fingerprint density at radius 1 is 1.24 bits per heavy atom. The van der Waals surface area contributed by atoms with Gasteiger partial charge in [-0.15, -0.1) is 13.2 Å². The fraction of sp³-hybridized carbons (Fsp3) is 1.00. The van der Waals surface area contributed by atoms with Crippen LogP contribution in [0, 0.1) is 5.92 Å². The minimum absolute atomic E-state index is 0.0256. The number of rotatable bonds is 8. The van der Waals surface area contributed by atoms with Crippen molar-refractivity contribution in [1.82, 2.24) is 0 Å². The zero-order valence-corrected chi connectivity index (χ0v) is 10.8. The predicted octanol–water partition coefficient (Wildman–Crippen LogP) is 3.86. The van der Waals surface area contributed by atoms with Crippen molar-refractivity contribution in [3.05, 3.63) is 0 Å². The van der Waals surface area contributed by atoms with Crippen LogP contribution in [-0.4, -0.2) is 17.9 Å². The second-order valence-electron chi connectivity index (χ2n) is 3.74. The summed E-state index contributed by atoms with van der Waals surface area (Å²) in [4.78, 5) is 8.83. The van der Waals surface area contributed by atoms with Gasteiger partial charge >= 0.3 is 14.2 Å². The summed E-state index contributed by atoms with van der Waals surface area (Å²) >= 11 is 0. The molecule has 1 N–H and O–H groups in total. The summed E-state index contributed by atoms with van der Waals surface area (Å²) < 4.78 is 53.5. The summed E-state index contributed by atoms with van der Waals surface area (Å²) in [6.45, 7) is 3.65. The van der Waals surface area contributed by atoms with E-state index in [-0.39, 0.29) is 12.5 Å². The van der Waals surface area contributed by atoms with Gasteiger partial charge in [-0.05, 0) is 18.8 Å². The van der Waals surface area contributed by atoms with Crippen LogP contribution in [0.4, 0.5) is 13.2 Å². The molecule has 0 spiro atoms. The van der Waals surface area contributed by atoms with Gasteiger partial charge in [0.2, 0.25) is 0 Å². The van der Waals surface area contributed by atoms with Crippen molar-refractivity contribution < 1.29 is 31.7 Å². The normalized spacial score (nSPS) is 16.2. The van der Waals surface area contributed by atoms with E-state index in [2.05, 4.69) is 9.05 Å². The molecule has 0 aromatic rings. The highest BCUT2D eigenvalue weighted by molar-refractivity contribution is 7.47. The summed E-state index contributed by atoms with van der Waals surface area (Å²) in [7, 11) is -5.04. The summed E-state index contributed by atoms with van der Waals surface area (Å²) in [5.41, 5.74) is 0. The second kappa shape index (κ2) is 7.36. The molecule has 8 heteroatoms. The van der Waals surface area contributed by atoms with Crippen molar-refractivity contribution in [1.29, 1.82) is 0 Å². The molecule has 1 unspecified atom stereocenters. The van der Waals surface area contributed by atoms with Crippen LogP contribution < -0.4 is 0 Å². The van der Waals surface area contributed by atoms with Gasteiger partial charge in [-0.1, -0.05) is 26.7 Å². The number of phosphoric acid groups is 1. The van der Waals surface area contributed by atoms with E-state index in [1.165, 1.54) is 0 Å². The third-order valence-corrected chi connectivity index (χ3v) is 3.00. The van der Waals surface area contributed by atoms with E-state index in [0.717, 1.165) is 25.7 Å². The quantitative estimate of drug-likeness (QED) is 0.685. The molecule has 0 aliphatic heterocycles. The molecule has 0 aliphatic carbocycles. The van der Waals surface area contributed by atoms with Crippen LogP contribution in [0.3, 0.4) is 0 Å². The first kappa shape index (κ1) is 16.9. The van der Waals surface area contributed by atoms with E-state index in [1.54, 1.807) is 0 Å². The van der Waals surface area contributed by atoms with Crippen molar-refractivity contribution in [2.45, 2.75) is 45.9 Å². The Morgan fingerprint density at radius 2 is 1.71 bits per heavy atom. The van der Waals surface area contributed by atoms with E-state index in [0.29, 0.717) is 0 Å². The lowest BCUT2D eigenvalue weighted by molar-refractivity contribution is -0.283. The predicted molar refractivity (Wildman–Crippen MR) is 56.2 cm³/mol. The van der Waals surface area contributed by atoms with E-state index >= 15 is 0 Å². The molecular formula is C9H18F3O4P. The first-order chi connectivity index (χ1) is 7.70. The zero-order valence-electron chi connectivity index (χ0n) is 9.87. The molecule has 0 aromatic heterocycles. The molecule has 104 valence electrons. The molecule has 4 nitrogen and oxygen atoms in total. The number of hydrogen-bond donors (Lipinski definition) is 1. The molecule has 0 radical (unpaired) electrons. The van der Waals surface area contributed by atoms with Gasteiger partial charge in [0.15, 0.2) is 0 Å². The highest BCUT2D eigenvalue weighted by Gasteiger charge is 2.41. The lowest BCUT2D eigenvalue weighted by Gasteiger charge is -2.18. The summed E-state index contributed by atoms with van der Waals surface area (Å²) in [6.07, 6.45) is -2.03. The molecule has 0 saturated heterocycles. The first-order valence-corrected chi connectivity index (χ1v) is 6.94. The van der Waals surface area contributed by atoms with Crippen LogP contribution in [0.25, 0.3) is 0 Å². The average Bonchev–Trinajstić information content (AvgIpc) is 2.11. The lowest BCUT2D eigenvalue weighted by atomic mass is 10.00. The minimum Gasteiger partial charge on any atom is -0.302 e. The Morgan fingerprint density at radius 3 is 2.06 bits per heavy atom. The van der Waals surface area contributed by atoms with Gasteiger partial charge in [0.05, 0.1) is 6.61 Å². The second-order valence-corrected chi connectivity index (χ2v) is 5.12. The summed E-state index contributed by atoms with van der Waals surface area (Å²) in [6, 6.07) is 0. The van der Waals surface area contributed by atoms with Crippen LogP contribution >= 0.6 is 7.82 Å². The number of hydrogen-bond acceptors (Lipinski definition) is 3. The molecule has 0 rings (SSSR count). The Hall–Kier alpha value is -0.100. The van der Waals surface area contributed by atoms with Crippen molar-refractivity contribution >= 4 is 7.82 Å². The number of phosphoric ester groups is 1. The van der Waals surface area contributed by atoms with Gasteiger partial charge in [0.1, 0.15) is 0 Å². The largest absolute Gasteiger partial charge is 0.531 e. The maximum absolute atomic E-state index is 11.7. The van der Waals surface area contributed by atoms with Crippen molar-refractivity contribution in [3.8, 4) is 0 Å². The van der Waals surface area contributed by atoms with Gasteiger partial charge in [-0.3, -0.25) is 4.52 Å². The topological polar surface area (TPSA) is 55.8 Å². The van der Waals surface area contributed by atoms with Crippen molar-refractivity contribution in [2.24, 2.45) is 5.92 Å². The van der Waals surface area contributed by atoms with Crippen LogP contribution in [0.5, 0.6) is 0 Å². The van der Waals surface area contributed by atoms with Gasteiger partial charge < -0.3 is 4.89 Å². The molecule has 17 heavy (non-hydrogen) atoms. The minimum atomic E-state index is -5.17. The summed E-state index contributed by atoms with van der Waals surface area (Å²) in [5.74, 6) is -0.0256. The maximum atomic E-state index is 11.7. The van der Waals surface area contributed by atoms with E-state index in [9.17, 15) is 17.7 Å². The fourth-order valence-electron chi connectivity index (χ4n) is 1.48. The molecule has 0 amide bonds. The molecule has 0 aromatic carbocycles. The fourth-order valence-corrected chi connectivity index (χ4v) is 2.20. The maximum Gasteiger partial charge on any atom is 0.531 e. The number of halogens is 3. The molecule has 0 bridgehead atoms. The monoisotopic (exact) mass is 278 g/mol. The van der Waals surface area contributed by atoms with E-state index in [1.807, 2.05) is 13.8 Å². The van der Waals surface area contributed by atoms with E-state index in [4.69, 9.17) is 4.89 Å². The SMILES string of the molecule is CCCC(CCC)COP(=O)(O)OC(F)(F)F. The molecule has 1 atom stereocenters. The average molecular weight is 278 g/mol. The molecule has 0 aliphatic rings. The Kier molecular flexibility index (Phi) is 7.32. The van der Waals surface area contributed by atoms with Crippen LogP contribution in [-0.2, 0) is 13.6 Å². The smallest absolute Gasteiger partial charge is 0.302 e. The molecular weight excluding hydrogens is 260 g/mol. The van der Waals surface area contributed by atoms with Crippen molar-refractivity contribution in [2.75, 3.05) is 6.61 Å². The highest BCUT2D eigenvalue weighted by atomic mass is 31.2. The first-order valence-electron chi connectivity index (χ1n) is 5.45. The number of alkyl halides is 3. The van der Waals surface area contributed by atoms with Crippen molar-refractivity contribution in [3.63, 3.8) is 0 Å². The van der Waals surface area contributed by atoms with Gasteiger partial charge in [-0.2, -0.15) is 4.52 Å².